The molecule has 9 nitrogen and oxygen atoms in total. The largest absolute Gasteiger partial charge is 0.480 e. The van der Waals surface area contributed by atoms with E-state index in [1.165, 1.54) is 0 Å². The van der Waals surface area contributed by atoms with Crippen LogP contribution in [0, 0.1) is 0 Å². The Kier molecular flexibility index (Phi) is 6.37. The third kappa shape index (κ3) is 4.85. The molecule has 2 atom stereocenters. The topological polar surface area (TPSA) is 156 Å². The van der Waals surface area contributed by atoms with Crippen LogP contribution in [0.1, 0.15) is 18.4 Å². The van der Waals surface area contributed by atoms with Gasteiger partial charge in [0.15, 0.2) is 0 Å². The number of hydrogen-bond acceptors (Lipinski definition) is 4. The number of Topliss-reactive ketones (excluding diaryl/α,β-unsaturated/α-hetero) is 1. The van der Waals surface area contributed by atoms with Crippen molar-refractivity contribution in [1.82, 2.24) is 10.3 Å². The second kappa shape index (κ2) is 8.70. The highest BCUT2D eigenvalue weighted by Crippen LogP contribution is 2.19. The molecule has 0 aliphatic heterocycles. The first-order valence-corrected chi connectivity index (χ1v) is 7.89. The first-order chi connectivity index (χ1) is 12.4. The predicted octanol–water partition coefficient (Wildman–Crippen LogP) is 0.291. The molecule has 1 aromatic heterocycles. The van der Waals surface area contributed by atoms with Crippen molar-refractivity contribution in [3.8, 4) is 0 Å². The van der Waals surface area contributed by atoms with E-state index in [0.717, 1.165) is 16.5 Å². The van der Waals surface area contributed by atoms with Gasteiger partial charge in [-0.05, 0) is 18.1 Å². The summed E-state index contributed by atoms with van der Waals surface area (Å²) < 4.78 is 0. The summed E-state index contributed by atoms with van der Waals surface area (Å²) in [5.41, 5.74) is 9.84. The van der Waals surface area contributed by atoms with Crippen LogP contribution in [0.5, 0.6) is 0 Å². The van der Waals surface area contributed by atoms with Crippen LogP contribution in [0.2, 0.25) is 0 Å². The van der Waals surface area contributed by atoms with Gasteiger partial charge in [0.25, 0.3) is 0 Å². The van der Waals surface area contributed by atoms with E-state index >= 15 is 0 Å². The van der Waals surface area contributed by atoms with Gasteiger partial charge in [-0.25, -0.2) is 4.79 Å². The minimum Gasteiger partial charge on any atom is -0.480 e. The lowest BCUT2D eigenvalue weighted by Crippen LogP contribution is -2.46. The molecule has 0 aliphatic carbocycles. The summed E-state index contributed by atoms with van der Waals surface area (Å²) in [5.74, 6) is -2.75. The number of aromatic nitrogens is 1. The second-order valence-electron chi connectivity index (χ2n) is 5.73. The standard InChI is InChI=1S/C17H18N4O5/c18-20-9-11(22)5-6-14(17(25)26)21-16(24)15(23)7-10-8-19-13-4-2-1-3-12(10)13/h1-4,8-9,14-15,19,23H,5-7H2,(H,21,24)(H,25,26)/t14-,15?/m0/s1. The van der Waals surface area contributed by atoms with E-state index in [2.05, 4.69) is 15.1 Å². The number of benzene rings is 1. The van der Waals surface area contributed by atoms with Crippen molar-refractivity contribution < 1.29 is 29.4 Å². The maximum absolute atomic E-state index is 12.1. The number of H-pyrrole nitrogens is 1. The van der Waals surface area contributed by atoms with Gasteiger partial charge >= 0.3 is 12.2 Å². The quantitative estimate of drug-likeness (QED) is 0.288. The van der Waals surface area contributed by atoms with E-state index in [-0.39, 0.29) is 19.3 Å². The lowest BCUT2D eigenvalue weighted by Gasteiger charge is -2.16. The highest BCUT2D eigenvalue weighted by atomic mass is 16.4. The first-order valence-electron chi connectivity index (χ1n) is 7.89. The summed E-state index contributed by atoms with van der Waals surface area (Å²) in [6, 6.07) is 6.06. The molecule has 136 valence electrons. The Morgan fingerprint density at radius 3 is 2.73 bits per heavy atom. The fourth-order valence-corrected chi connectivity index (χ4v) is 2.54. The third-order valence-electron chi connectivity index (χ3n) is 3.89. The van der Waals surface area contributed by atoms with Gasteiger partial charge in [-0.3, -0.25) is 9.59 Å². The molecule has 1 amide bonds. The molecule has 4 N–H and O–H groups in total. The molecule has 0 saturated carbocycles. The van der Waals surface area contributed by atoms with Crippen molar-refractivity contribution >= 4 is 34.8 Å². The van der Waals surface area contributed by atoms with Crippen LogP contribution in [0.25, 0.3) is 16.4 Å². The van der Waals surface area contributed by atoms with Crippen LogP contribution in [0.3, 0.4) is 0 Å². The van der Waals surface area contributed by atoms with E-state index in [1.807, 2.05) is 24.3 Å². The molecule has 1 heterocycles. The molecule has 26 heavy (non-hydrogen) atoms. The van der Waals surface area contributed by atoms with Crippen molar-refractivity contribution in [3.63, 3.8) is 0 Å². The van der Waals surface area contributed by atoms with E-state index in [0.29, 0.717) is 6.21 Å². The number of carboxylic acids is 1. The Labute approximate surface area is 148 Å². The van der Waals surface area contributed by atoms with Crippen molar-refractivity contribution in [2.24, 2.45) is 0 Å². The van der Waals surface area contributed by atoms with Crippen LogP contribution in [-0.2, 0) is 20.8 Å². The SMILES string of the molecule is [N-]=[N+]=CC(=O)CC[C@H](NC(=O)C(O)Cc1c[nH]c2ccccc12)C(=O)O. The van der Waals surface area contributed by atoms with E-state index in [9.17, 15) is 19.5 Å². The molecule has 9 heteroatoms. The van der Waals surface area contributed by atoms with Gasteiger partial charge in [-0.2, -0.15) is 4.79 Å². The zero-order valence-corrected chi connectivity index (χ0v) is 13.8. The first kappa shape index (κ1) is 19.0. The normalized spacial score (nSPS) is 12.8. The number of carbonyl (C=O) groups excluding carboxylic acids is 2. The average Bonchev–Trinajstić information content (AvgIpc) is 3.01. The molecule has 0 aliphatic rings. The number of amides is 1. The number of nitrogens with one attached hydrogen (secondary N) is 2. The van der Waals surface area contributed by atoms with Gasteiger partial charge in [0.1, 0.15) is 12.1 Å². The number of carboxylic acid groups (broad SMARTS) is 1. The summed E-state index contributed by atoms with van der Waals surface area (Å²) >= 11 is 0. The van der Waals surface area contributed by atoms with Crippen molar-refractivity contribution in [2.45, 2.75) is 31.4 Å². The minimum absolute atomic E-state index is 0.0122. The number of nitrogens with zero attached hydrogens (tertiary/aromatic N) is 2. The molecule has 0 radical (unpaired) electrons. The Morgan fingerprint density at radius 1 is 1.31 bits per heavy atom. The number of fused-ring (bicyclic) bond motifs is 1. The van der Waals surface area contributed by atoms with Crippen molar-refractivity contribution in [1.29, 1.82) is 0 Å². The zero-order chi connectivity index (χ0) is 19.1. The monoisotopic (exact) mass is 358 g/mol. The van der Waals surface area contributed by atoms with Gasteiger partial charge in [0.2, 0.25) is 11.7 Å². The van der Waals surface area contributed by atoms with Crippen LogP contribution < -0.4 is 5.32 Å². The smallest absolute Gasteiger partial charge is 0.326 e. The Balaban J connectivity index is 1.98. The van der Waals surface area contributed by atoms with Gasteiger partial charge in [-0.1, -0.05) is 18.2 Å². The average molecular weight is 358 g/mol. The summed E-state index contributed by atoms with van der Waals surface area (Å²) in [5, 5.41) is 22.3. The molecule has 0 fully saturated rings. The lowest BCUT2D eigenvalue weighted by atomic mass is 10.0. The number of aliphatic hydroxyl groups is 1. The van der Waals surface area contributed by atoms with Crippen molar-refractivity contribution in [2.75, 3.05) is 0 Å². The number of para-hydroxylation sites is 1. The molecule has 1 unspecified atom stereocenters. The predicted molar refractivity (Wildman–Crippen MR) is 91.5 cm³/mol. The van der Waals surface area contributed by atoms with Crippen LogP contribution in [0.15, 0.2) is 30.5 Å². The molecule has 1 aromatic carbocycles. The maximum atomic E-state index is 12.1. The highest BCUT2D eigenvalue weighted by molar-refractivity contribution is 6.25. The number of aliphatic carboxylic acids is 1. The molecule has 2 aromatic rings. The number of hydrogen-bond donors (Lipinski definition) is 4. The van der Waals surface area contributed by atoms with E-state index in [4.69, 9.17) is 10.6 Å². The molecular weight excluding hydrogens is 340 g/mol. The third-order valence-corrected chi connectivity index (χ3v) is 3.89. The van der Waals surface area contributed by atoms with Crippen LogP contribution in [-0.4, -0.2) is 56.0 Å². The molecule has 2 rings (SSSR count). The molecular formula is C17H18N4O5. The number of aromatic amines is 1. The molecule has 0 bridgehead atoms. The fourth-order valence-electron chi connectivity index (χ4n) is 2.54. The lowest BCUT2D eigenvalue weighted by molar-refractivity contribution is -0.143. The highest BCUT2D eigenvalue weighted by Gasteiger charge is 2.25. The Hall–Kier alpha value is -3.29. The van der Waals surface area contributed by atoms with Crippen molar-refractivity contribution in [3.05, 3.63) is 41.6 Å². The Bertz CT molecular complexity index is 869. The number of carbonyl (C=O) groups is 3. The minimum atomic E-state index is -1.44. The number of rotatable bonds is 9. The van der Waals surface area contributed by atoms with Gasteiger partial charge < -0.3 is 26.0 Å². The van der Waals surface area contributed by atoms with Crippen LogP contribution in [0.4, 0.5) is 0 Å². The number of ketones is 1. The second-order valence-corrected chi connectivity index (χ2v) is 5.73. The zero-order valence-electron chi connectivity index (χ0n) is 13.8. The summed E-state index contributed by atoms with van der Waals surface area (Å²) in [6.45, 7) is 0. The van der Waals surface area contributed by atoms with E-state index < -0.39 is 29.8 Å². The maximum Gasteiger partial charge on any atom is 0.326 e. The summed E-state index contributed by atoms with van der Waals surface area (Å²) in [4.78, 5) is 40.2. The number of aliphatic hydroxyl groups excluding tert-OH is 1. The van der Waals surface area contributed by atoms with Gasteiger partial charge in [0, 0.05) is 29.9 Å². The fraction of sp³-hybridized carbons (Fsp3) is 0.294. The summed E-state index contributed by atoms with van der Waals surface area (Å²) in [7, 11) is 0. The van der Waals surface area contributed by atoms with Gasteiger partial charge in [-0.15, -0.1) is 0 Å². The van der Waals surface area contributed by atoms with Crippen LogP contribution >= 0.6 is 0 Å². The molecule has 0 spiro atoms. The Morgan fingerprint density at radius 2 is 2.04 bits per heavy atom. The summed E-state index contributed by atoms with van der Waals surface area (Å²) in [6.07, 6.45) is 0.505. The van der Waals surface area contributed by atoms with Gasteiger partial charge in [0.05, 0.1) is 0 Å². The van der Waals surface area contributed by atoms with E-state index in [1.54, 1.807) is 6.20 Å². The molecule has 0 saturated heterocycles.